The van der Waals surface area contributed by atoms with Crippen molar-refractivity contribution in [3.8, 4) is 11.1 Å². The molecule has 2 bridgehead atoms. The second-order valence-corrected chi connectivity index (χ2v) is 10.2. The Morgan fingerprint density at radius 2 is 2.00 bits per heavy atom. The molecule has 3 aliphatic heterocycles. The minimum Gasteiger partial charge on any atom is -0.375 e. The van der Waals surface area contributed by atoms with Gasteiger partial charge in [-0.15, -0.1) is 0 Å². The van der Waals surface area contributed by atoms with Crippen LogP contribution in [0.2, 0.25) is 0 Å². The molecule has 0 spiro atoms. The molecule has 6 rings (SSSR count). The van der Waals surface area contributed by atoms with Crippen LogP contribution < -0.4 is 0 Å². The number of carbonyl (C=O) groups excluding carboxylic acids is 1. The van der Waals surface area contributed by atoms with Gasteiger partial charge in [-0.25, -0.2) is 0 Å². The number of rotatable bonds is 7. The van der Waals surface area contributed by atoms with Crippen LogP contribution in [0.25, 0.3) is 21.9 Å². The van der Waals surface area contributed by atoms with E-state index in [4.69, 9.17) is 4.74 Å². The molecule has 0 saturated carbocycles. The van der Waals surface area contributed by atoms with Gasteiger partial charge in [0.1, 0.15) is 0 Å². The van der Waals surface area contributed by atoms with E-state index in [1.165, 1.54) is 36.1 Å². The summed E-state index contributed by atoms with van der Waals surface area (Å²) in [4.78, 5) is 22.2. The molecule has 0 radical (unpaired) electrons. The fourth-order valence-corrected chi connectivity index (χ4v) is 5.83. The minimum absolute atomic E-state index is 0.228. The molecule has 0 amide bonds. The van der Waals surface area contributed by atoms with E-state index < -0.39 is 0 Å². The van der Waals surface area contributed by atoms with Crippen LogP contribution in [-0.4, -0.2) is 75.3 Å². The van der Waals surface area contributed by atoms with Crippen molar-refractivity contribution < 1.29 is 9.53 Å². The number of pyridine rings is 1. The van der Waals surface area contributed by atoms with Gasteiger partial charge >= 0.3 is 0 Å². The maximum absolute atomic E-state index is 12.8. The van der Waals surface area contributed by atoms with Crippen molar-refractivity contribution in [2.45, 2.75) is 50.8 Å². The molecule has 0 N–H and O–H groups in total. The lowest BCUT2D eigenvalue weighted by Gasteiger charge is -2.26. The lowest BCUT2D eigenvalue weighted by atomic mass is 10.0. The summed E-state index contributed by atoms with van der Waals surface area (Å²) < 4.78 is 7.67. The number of benzene rings is 1. The summed E-state index contributed by atoms with van der Waals surface area (Å²) in [6.45, 7) is 5.41. The first kappa shape index (κ1) is 21.9. The first-order valence-corrected chi connectivity index (χ1v) is 12.6. The zero-order valence-corrected chi connectivity index (χ0v) is 19.9. The van der Waals surface area contributed by atoms with E-state index in [0.29, 0.717) is 25.1 Å². The van der Waals surface area contributed by atoms with Crippen LogP contribution in [0.1, 0.15) is 37.1 Å². The van der Waals surface area contributed by atoms with Gasteiger partial charge in [0, 0.05) is 49.0 Å². The van der Waals surface area contributed by atoms with Crippen LogP contribution in [0.3, 0.4) is 0 Å². The molecule has 7 nitrogen and oxygen atoms in total. The Bertz CT molecular complexity index is 1200. The molecule has 2 aromatic heterocycles. The Hall–Kier alpha value is -2.61. The lowest BCUT2D eigenvalue weighted by Crippen LogP contribution is -2.40. The van der Waals surface area contributed by atoms with Crippen LogP contribution in [-0.2, 0) is 29.5 Å². The lowest BCUT2D eigenvalue weighted by molar-refractivity contribution is -0.120. The third-order valence-electron chi connectivity index (χ3n) is 7.74. The largest absolute Gasteiger partial charge is 0.375 e. The van der Waals surface area contributed by atoms with E-state index in [2.05, 4.69) is 44.1 Å². The number of fused-ring (bicyclic) bond motifs is 3. The fourth-order valence-electron chi connectivity index (χ4n) is 5.83. The summed E-state index contributed by atoms with van der Waals surface area (Å²) in [5, 5.41) is 6.79. The zero-order chi connectivity index (χ0) is 23.1. The van der Waals surface area contributed by atoms with Crippen molar-refractivity contribution in [2.75, 3.05) is 32.8 Å². The van der Waals surface area contributed by atoms with E-state index in [0.717, 1.165) is 55.7 Å². The van der Waals surface area contributed by atoms with Crippen LogP contribution in [0.15, 0.2) is 36.7 Å². The van der Waals surface area contributed by atoms with Crippen LogP contribution in [0.5, 0.6) is 0 Å². The number of nitrogens with zero attached hydrogens (tertiary/aromatic N) is 5. The molecule has 0 aliphatic carbocycles. The van der Waals surface area contributed by atoms with Gasteiger partial charge < -0.3 is 4.74 Å². The van der Waals surface area contributed by atoms with Crippen molar-refractivity contribution in [3.05, 3.63) is 48.0 Å². The number of morpholine rings is 1. The molecule has 1 aromatic carbocycles. The summed E-state index contributed by atoms with van der Waals surface area (Å²) in [5.74, 6) is 0.228. The number of ether oxygens (including phenoxy) is 1. The highest BCUT2D eigenvalue weighted by molar-refractivity contribution is 5.89. The Morgan fingerprint density at radius 1 is 1.12 bits per heavy atom. The standard InChI is InChI=1S/C27H33N5O2/c1-30-27(17-31-7-3-2-4-8-31)26(14-29-30)19-5-6-20-13-28-22(10-21(20)9-19)11-24(33)15-32-16-25-12-23(32)18-34-25/h5-6,9-10,13-14,23,25H,2-4,7-8,11-12,15-18H2,1H3/t23-,25-/m1/s1. The molecule has 3 fully saturated rings. The molecular formula is C27H33N5O2. The molecule has 5 heterocycles. The van der Waals surface area contributed by atoms with Crippen molar-refractivity contribution in [1.82, 2.24) is 24.6 Å². The molecule has 0 unspecified atom stereocenters. The average Bonchev–Trinajstić information content (AvgIpc) is 3.56. The smallest absolute Gasteiger partial charge is 0.152 e. The van der Waals surface area contributed by atoms with E-state index in [1.807, 2.05) is 24.1 Å². The number of piperidine rings is 1. The van der Waals surface area contributed by atoms with E-state index in [1.54, 1.807) is 0 Å². The molecule has 3 aromatic rings. The maximum atomic E-state index is 12.8. The fraction of sp³-hybridized carbons (Fsp3) is 0.519. The summed E-state index contributed by atoms with van der Waals surface area (Å²) in [5.41, 5.74) is 4.46. The molecule has 3 aliphatic rings. The van der Waals surface area contributed by atoms with Crippen molar-refractivity contribution in [2.24, 2.45) is 7.05 Å². The second kappa shape index (κ2) is 9.21. The van der Waals surface area contributed by atoms with E-state index in [-0.39, 0.29) is 5.78 Å². The topological polar surface area (TPSA) is 63.5 Å². The molecule has 2 atom stereocenters. The number of hydrogen-bond acceptors (Lipinski definition) is 6. The summed E-state index contributed by atoms with van der Waals surface area (Å²) in [6, 6.07) is 9.01. The van der Waals surface area contributed by atoms with Gasteiger partial charge in [-0.1, -0.05) is 18.6 Å². The number of carbonyl (C=O) groups is 1. The molecule has 178 valence electrons. The Morgan fingerprint density at radius 3 is 2.79 bits per heavy atom. The number of aryl methyl sites for hydroxylation is 1. The number of aromatic nitrogens is 3. The van der Waals surface area contributed by atoms with Gasteiger partial charge in [0.15, 0.2) is 5.78 Å². The molecule has 3 saturated heterocycles. The average molecular weight is 460 g/mol. The van der Waals surface area contributed by atoms with Crippen molar-refractivity contribution in [1.29, 1.82) is 0 Å². The van der Waals surface area contributed by atoms with Gasteiger partial charge in [-0.3, -0.25) is 24.3 Å². The van der Waals surface area contributed by atoms with E-state index in [9.17, 15) is 4.79 Å². The van der Waals surface area contributed by atoms with Crippen molar-refractivity contribution in [3.63, 3.8) is 0 Å². The second-order valence-electron chi connectivity index (χ2n) is 10.2. The minimum atomic E-state index is 0.228. The monoisotopic (exact) mass is 459 g/mol. The molecule has 7 heteroatoms. The van der Waals surface area contributed by atoms with Gasteiger partial charge in [-0.2, -0.15) is 5.10 Å². The highest BCUT2D eigenvalue weighted by Gasteiger charge is 2.39. The number of likely N-dealkylation sites (tertiary alicyclic amines) is 2. The highest BCUT2D eigenvalue weighted by atomic mass is 16.5. The van der Waals surface area contributed by atoms with Crippen LogP contribution >= 0.6 is 0 Å². The Labute approximate surface area is 200 Å². The first-order chi connectivity index (χ1) is 16.6. The molecule has 34 heavy (non-hydrogen) atoms. The van der Waals surface area contributed by atoms with Gasteiger partial charge in [0.2, 0.25) is 0 Å². The quantitative estimate of drug-likeness (QED) is 0.541. The predicted octanol–water partition coefficient (Wildman–Crippen LogP) is 3.21. The SMILES string of the molecule is Cn1ncc(-c2ccc3cnc(CC(=O)CN4C[C@H]5C[C@@H]4CO5)cc3c2)c1CN1CCCCC1. The third-order valence-corrected chi connectivity index (χ3v) is 7.74. The number of Topliss-reactive ketones (excluding diaryl/α,β-unsaturated/α-hetero) is 1. The molecular weight excluding hydrogens is 426 g/mol. The summed E-state index contributed by atoms with van der Waals surface area (Å²) in [6.07, 6.45) is 9.55. The number of hydrogen-bond donors (Lipinski definition) is 0. The Balaban J connectivity index is 1.20. The maximum Gasteiger partial charge on any atom is 0.152 e. The van der Waals surface area contributed by atoms with Gasteiger partial charge in [0.05, 0.1) is 37.6 Å². The van der Waals surface area contributed by atoms with Gasteiger partial charge in [0.25, 0.3) is 0 Å². The summed E-state index contributed by atoms with van der Waals surface area (Å²) in [7, 11) is 2.04. The zero-order valence-electron chi connectivity index (χ0n) is 19.9. The van der Waals surface area contributed by atoms with Crippen LogP contribution in [0, 0.1) is 0 Å². The third kappa shape index (κ3) is 4.40. The van der Waals surface area contributed by atoms with Gasteiger partial charge in [-0.05, 0) is 55.4 Å². The summed E-state index contributed by atoms with van der Waals surface area (Å²) >= 11 is 0. The first-order valence-electron chi connectivity index (χ1n) is 12.6. The van der Waals surface area contributed by atoms with Crippen molar-refractivity contribution >= 4 is 16.6 Å². The predicted molar refractivity (Wildman–Crippen MR) is 132 cm³/mol. The highest BCUT2D eigenvalue weighted by Crippen LogP contribution is 2.29. The Kier molecular flexibility index (Phi) is 5.93. The van der Waals surface area contributed by atoms with Crippen LogP contribution in [0.4, 0.5) is 0 Å². The normalized spacial score (nSPS) is 23.2. The van der Waals surface area contributed by atoms with E-state index >= 15 is 0 Å². The number of ketones is 1.